The molecule has 0 spiro atoms. The second-order valence-corrected chi connectivity index (χ2v) is 6.74. The molecule has 4 amide bonds. The quantitative estimate of drug-likeness (QED) is 0.752. The number of halogens is 2. The monoisotopic (exact) mass is 382 g/mol. The molecule has 7 nitrogen and oxygen atoms in total. The van der Waals surface area contributed by atoms with Gasteiger partial charge in [0, 0.05) is 45.0 Å². The summed E-state index contributed by atoms with van der Waals surface area (Å²) >= 11 is 5.70. The number of hydrogen-bond acceptors (Lipinski definition) is 3. The summed E-state index contributed by atoms with van der Waals surface area (Å²) in [6, 6.07) is 3.58. The molecular formula is C17H20ClFN4O3. The van der Waals surface area contributed by atoms with Crippen molar-refractivity contribution in [1.29, 1.82) is 0 Å². The fraction of sp³-hybridized carbons (Fsp3) is 0.471. The van der Waals surface area contributed by atoms with Crippen LogP contribution < -0.4 is 5.32 Å². The second-order valence-electron chi connectivity index (χ2n) is 6.34. The number of nitrogens with one attached hydrogen (secondary N) is 1. The topological polar surface area (TPSA) is 73.0 Å². The van der Waals surface area contributed by atoms with E-state index in [2.05, 4.69) is 5.32 Å². The largest absolute Gasteiger partial charge is 0.334 e. The van der Waals surface area contributed by atoms with Gasteiger partial charge in [0.2, 0.25) is 0 Å². The molecule has 2 heterocycles. The van der Waals surface area contributed by atoms with E-state index in [1.165, 1.54) is 23.1 Å². The van der Waals surface area contributed by atoms with Crippen LogP contribution in [0.5, 0.6) is 0 Å². The third-order valence-corrected chi connectivity index (χ3v) is 4.89. The smallest absolute Gasteiger partial charge is 0.321 e. The van der Waals surface area contributed by atoms with Crippen LogP contribution in [0.4, 0.5) is 14.9 Å². The Morgan fingerprint density at radius 1 is 0.885 bits per heavy atom. The zero-order chi connectivity index (χ0) is 18.7. The molecule has 2 saturated heterocycles. The minimum atomic E-state index is -0.556. The predicted molar refractivity (Wildman–Crippen MR) is 94.4 cm³/mol. The van der Waals surface area contributed by atoms with Gasteiger partial charge < -0.3 is 20.0 Å². The fourth-order valence-corrected chi connectivity index (χ4v) is 3.26. The summed E-state index contributed by atoms with van der Waals surface area (Å²) in [6.45, 7) is 2.51. The Balaban J connectivity index is 1.51. The van der Waals surface area contributed by atoms with Gasteiger partial charge in [0.1, 0.15) is 5.82 Å². The van der Waals surface area contributed by atoms with E-state index in [9.17, 15) is 18.8 Å². The van der Waals surface area contributed by atoms with Gasteiger partial charge in [-0.2, -0.15) is 0 Å². The second kappa shape index (κ2) is 7.90. The molecule has 3 rings (SSSR count). The SMILES string of the molecule is O=C(Nc1ccc(F)c(Cl)c1)N1CCN(C(=O)C(=O)N2CCCC2)CC1. The first-order valence-corrected chi connectivity index (χ1v) is 8.92. The van der Waals surface area contributed by atoms with Gasteiger partial charge in [-0.25, -0.2) is 9.18 Å². The molecule has 0 aliphatic carbocycles. The van der Waals surface area contributed by atoms with Crippen molar-refractivity contribution in [3.8, 4) is 0 Å². The van der Waals surface area contributed by atoms with E-state index in [4.69, 9.17) is 11.6 Å². The van der Waals surface area contributed by atoms with Crippen molar-refractivity contribution in [3.63, 3.8) is 0 Å². The number of piperazine rings is 1. The zero-order valence-corrected chi connectivity index (χ0v) is 15.0. The Labute approximate surface area is 155 Å². The van der Waals surface area contributed by atoms with Gasteiger partial charge in [-0.05, 0) is 31.0 Å². The molecule has 0 saturated carbocycles. The van der Waals surface area contributed by atoms with Gasteiger partial charge in [0.25, 0.3) is 0 Å². The summed E-state index contributed by atoms with van der Waals surface area (Å²) in [7, 11) is 0. The summed E-state index contributed by atoms with van der Waals surface area (Å²) in [5.41, 5.74) is 0.393. The maximum atomic E-state index is 13.2. The van der Waals surface area contributed by atoms with Crippen LogP contribution >= 0.6 is 11.6 Å². The highest BCUT2D eigenvalue weighted by Crippen LogP contribution is 2.20. The molecule has 140 valence electrons. The van der Waals surface area contributed by atoms with E-state index in [-0.39, 0.29) is 11.1 Å². The number of benzene rings is 1. The number of amides is 4. The fourth-order valence-electron chi connectivity index (χ4n) is 3.08. The molecule has 2 aliphatic heterocycles. The lowest BCUT2D eigenvalue weighted by Crippen LogP contribution is -2.54. The Morgan fingerprint density at radius 3 is 2.00 bits per heavy atom. The summed E-state index contributed by atoms with van der Waals surface area (Å²) in [5.74, 6) is -1.52. The Hall–Kier alpha value is -2.35. The first-order chi connectivity index (χ1) is 12.5. The Morgan fingerprint density at radius 2 is 1.42 bits per heavy atom. The molecule has 0 aromatic heterocycles. The third-order valence-electron chi connectivity index (χ3n) is 4.60. The molecule has 1 N–H and O–H groups in total. The Kier molecular flexibility index (Phi) is 5.61. The highest BCUT2D eigenvalue weighted by atomic mass is 35.5. The minimum absolute atomic E-state index is 0.0707. The summed E-state index contributed by atoms with van der Waals surface area (Å²) in [4.78, 5) is 41.3. The van der Waals surface area contributed by atoms with Crippen LogP contribution in [0.2, 0.25) is 5.02 Å². The number of nitrogens with zero attached hydrogens (tertiary/aromatic N) is 3. The van der Waals surface area contributed by atoms with Crippen LogP contribution in [0.25, 0.3) is 0 Å². The first kappa shape index (κ1) is 18.4. The van der Waals surface area contributed by atoms with E-state index in [1.807, 2.05) is 0 Å². The molecule has 0 bridgehead atoms. The van der Waals surface area contributed by atoms with E-state index in [0.717, 1.165) is 12.8 Å². The lowest BCUT2D eigenvalue weighted by molar-refractivity contribution is -0.152. The third kappa shape index (κ3) is 4.07. The average molecular weight is 383 g/mol. The van der Waals surface area contributed by atoms with Crippen LogP contribution in [-0.4, -0.2) is 71.8 Å². The molecule has 0 atom stereocenters. The first-order valence-electron chi connectivity index (χ1n) is 8.55. The predicted octanol–water partition coefficient (Wildman–Crippen LogP) is 1.78. The number of likely N-dealkylation sites (tertiary alicyclic amines) is 1. The van der Waals surface area contributed by atoms with E-state index >= 15 is 0 Å². The summed E-state index contributed by atoms with van der Waals surface area (Å²) in [6.07, 6.45) is 1.86. The highest BCUT2D eigenvalue weighted by Gasteiger charge is 2.31. The van der Waals surface area contributed by atoms with E-state index in [0.29, 0.717) is 45.0 Å². The Bertz CT molecular complexity index is 716. The molecule has 2 aliphatic rings. The lowest BCUT2D eigenvalue weighted by Gasteiger charge is -2.34. The molecule has 0 radical (unpaired) electrons. The normalized spacial score (nSPS) is 17.4. The van der Waals surface area contributed by atoms with Gasteiger partial charge in [0.05, 0.1) is 5.02 Å². The standard InChI is InChI=1S/C17H20ClFN4O3/c18-13-11-12(3-4-14(13)19)20-17(26)23-9-7-22(8-10-23)16(25)15(24)21-5-1-2-6-21/h3-4,11H,1-2,5-10H2,(H,20,26). The van der Waals surface area contributed by atoms with Crippen molar-refractivity contribution in [3.05, 3.63) is 29.0 Å². The maximum absolute atomic E-state index is 13.2. The van der Waals surface area contributed by atoms with Gasteiger partial charge in [-0.15, -0.1) is 0 Å². The molecule has 0 unspecified atom stereocenters. The summed E-state index contributed by atoms with van der Waals surface area (Å²) < 4.78 is 13.2. The van der Waals surface area contributed by atoms with Crippen LogP contribution in [0, 0.1) is 5.82 Å². The number of urea groups is 1. The van der Waals surface area contributed by atoms with Crippen LogP contribution in [0.1, 0.15) is 12.8 Å². The zero-order valence-electron chi connectivity index (χ0n) is 14.2. The van der Waals surface area contributed by atoms with E-state index < -0.39 is 17.6 Å². The highest BCUT2D eigenvalue weighted by molar-refractivity contribution is 6.35. The van der Waals surface area contributed by atoms with Crippen LogP contribution in [0.3, 0.4) is 0 Å². The van der Waals surface area contributed by atoms with Crippen molar-refractivity contribution in [2.75, 3.05) is 44.6 Å². The summed E-state index contributed by atoms with van der Waals surface area (Å²) in [5, 5.41) is 2.58. The van der Waals surface area contributed by atoms with Crippen molar-refractivity contribution < 1.29 is 18.8 Å². The van der Waals surface area contributed by atoms with Gasteiger partial charge in [-0.3, -0.25) is 9.59 Å². The van der Waals surface area contributed by atoms with Gasteiger partial charge >= 0.3 is 17.8 Å². The molecular weight excluding hydrogens is 363 g/mol. The van der Waals surface area contributed by atoms with Crippen molar-refractivity contribution in [2.24, 2.45) is 0 Å². The van der Waals surface area contributed by atoms with Gasteiger partial charge in [0.15, 0.2) is 0 Å². The van der Waals surface area contributed by atoms with E-state index in [1.54, 1.807) is 9.80 Å². The number of rotatable bonds is 1. The molecule has 9 heteroatoms. The molecule has 2 fully saturated rings. The number of carbonyl (C=O) groups is 3. The molecule has 26 heavy (non-hydrogen) atoms. The van der Waals surface area contributed by atoms with Crippen molar-refractivity contribution in [2.45, 2.75) is 12.8 Å². The van der Waals surface area contributed by atoms with Crippen LogP contribution in [-0.2, 0) is 9.59 Å². The van der Waals surface area contributed by atoms with Crippen molar-refractivity contribution >= 4 is 35.1 Å². The van der Waals surface area contributed by atoms with Crippen molar-refractivity contribution in [1.82, 2.24) is 14.7 Å². The number of carbonyl (C=O) groups excluding carboxylic acids is 3. The van der Waals surface area contributed by atoms with Gasteiger partial charge in [-0.1, -0.05) is 11.6 Å². The number of hydrogen-bond donors (Lipinski definition) is 1. The number of anilines is 1. The average Bonchev–Trinajstić information content (AvgIpc) is 3.18. The minimum Gasteiger partial charge on any atom is -0.334 e. The molecule has 1 aromatic rings. The lowest BCUT2D eigenvalue weighted by atomic mass is 10.3. The maximum Gasteiger partial charge on any atom is 0.321 e. The molecule has 1 aromatic carbocycles. The van der Waals surface area contributed by atoms with Crippen LogP contribution in [0.15, 0.2) is 18.2 Å².